The third-order valence-corrected chi connectivity index (χ3v) is 1.16. The quantitative estimate of drug-likeness (QED) is 0.575. The molecular weight excluding hydrogens is 214 g/mol. The molecule has 61 valence electrons. The minimum absolute atomic E-state index is 0.167. The van der Waals surface area contributed by atoms with Crippen LogP contribution in [0.25, 0.3) is 0 Å². The summed E-state index contributed by atoms with van der Waals surface area (Å²) < 4.78 is 30.9. The van der Waals surface area contributed by atoms with Gasteiger partial charge >= 0.3 is 46.8 Å². The van der Waals surface area contributed by atoms with Gasteiger partial charge < -0.3 is 4.79 Å². The number of rotatable bonds is 0. The first-order valence-corrected chi connectivity index (χ1v) is 4.06. The first kappa shape index (κ1) is 13.4. The van der Waals surface area contributed by atoms with Crippen LogP contribution < -0.4 is 0 Å². The number of hydrogen-bond acceptors (Lipinski definition) is 2. The van der Waals surface area contributed by atoms with Crippen LogP contribution in [0.5, 0.6) is 0 Å². The number of Topliss-reactive ketones (excluding diaryl/α,β-unsaturated/α-hetero) is 1. The van der Waals surface area contributed by atoms with Crippen molar-refractivity contribution in [2.24, 2.45) is 0 Å². The zero-order valence-corrected chi connectivity index (χ0v) is 9.12. The Hall–Kier alpha value is -0.247. The van der Waals surface area contributed by atoms with E-state index in [1.165, 1.54) is 13.8 Å². The van der Waals surface area contributed by atoms with Gasteiger partial charge in [-0.2, -0.15) is 0 Å². The molecule has 0 spiro atoms. The monoisotopic (exact) mass is 219 g/mol. The van der Waals surface area contributed by atoms with Gasteiger partial charge in [0.15, 0.2) is 0 Å². The number of carbonyl (C=O) groups excluding carboxylic acids is 2. The summed E-state index contributed by atoms with van der Waals surface area (Å²) in [5.74, 6) is 0.167. The van der Waals surface area contributed by atoms with Crippen LogP contribution in [-0.4, -0.2) is 16.3 Å². The standard InChI is InChI=1S/C3H6O.C2F3O.Zn/c1-3(2)4;3-2(4,5)1-6;/h1-2H3;;. The van der Waals surface area contributed by atoms with Crippen LogP contribution in [0.3, 0.4) is 0 Å². The molecule has 0 heterocycles. The second-order valence-electron chi connectivity index (χ2n) is 1.83. The van der Waals surface area contributed by atoms with E-state index in [2.05, 4.69) is 0 Å². The normalized spacial score (nSPS) is 9.73. The fraction of sp³-hybridized carbons (Fsp3) is 0.600. The molecule has 6 heteroatoms. The first-order chi connectivity index (χ1) is 4.68. The van der Waals surface area contributed by atoms with Crippen LogP contribution in [0.1, 0.15) is 13.8 Å². The molecule has 0 aromatic rings. The van der Waals surface area contributed by atoms with Gasteiger partial charge in [-0.05, 0) is 13.8 Å². The van der Waals surface area contributed by atoms with Gasteiger partial charge in [0.25, 0.3) is 0 Å². The molecule has 11 heavy (non-hydrogen) atoms. The maximum absolute atomic E-state index is 10.9. The molecule has 0 aliphatic heterocycles. The summed E-state index contributed by atoms with van der Waals surface area (Å²) in [5, 5.41) is 0. The SMILES string of the molecule is CC(C)=O.O=[C]([Zn])C(F)(F)F. The van der Waals surface area contributed by atoms with Gasteiger partial charge in [0.1, 0.15) is 5.78 Å². The topological polar surface area (TPSA) is 34.1 Å². The summed E-state index contributed by atoms with van der Waals surface area (Å²) in [6.45, 7) is 3.06. The molecule has 0 saturated heterocycles. The molecule has 0 aromatic carbocycles. The minimum atomic E-state index is -4.58. The van der Waals surface area contributed by atoms with Gasteiger partial charge in [0.2, 0.25) is 0 Å². The van der Waals surface area contributed by atoms with Crippen LogP contribution >= 0.6 is 0 Å². The van der Waals surface area contributed by atoms with Crippen molar-refractivity contribution < 1.29 is 41.1 Å². The Morgan fingerprint density at radius 3 is 1.27 bits per heavy atom. The maximum atomic E-state index is 10.9. The molecule has 0 amide bonds. The van der Waals surface area contributed by atoms with Gasteiger partial charge in [0, 0.05) is 0 Å². The Labute approximate surface area is 71.8 Å². The van der Waals surface area contributed by atoms with Crippen LogP contribution in [-0.2, 0) is 27.9 Å². The molecule has 0 unspecified atom stereocenters. The van der Waals surface area contributed by atoms with Crippen molar-refractivity contribution >= 4 is 10.2 Å². The molecule has 0 N–H and O–H groups in total. The molecule has 0 atom stereocenters. The van der Waals surface area contributed by atoms with E-state index in [4.69, 9.17) is 0 Å². The van der Waals surface area contributed by atoms with E-state index in [1.54, 1.807) is 0 Å². The summed E-state index contributed by atoms with van der Waals surface area (Å²) in [7, 11) is 0. The molecular formula is C5H6F3O2Zn. The van der Waals surface area contributed by atoms with Crippen molar-refractivity contribution in [2.75, 3.05) is 0 Å². The van der Waals surface area contributed by atoms with Gasteiger partial charge in [-0.15, -0.1) is 0 Å². The predicted octanol–water partition coefficient (Wildman–Crippen LogP) is 1.22. The van der Waals surface area contributed by atoms with E-state index in [9.17, 15) is 22.8 Å². The Morgan fingerprint density at radius 2 is 1.27 bits per heavy atom. The van der Waals surface area contributed by atoms with E-state index < -0.39 is 10.6 Å². The number of hydrogen-bond donors (Lipinski definition) is 0. The van der Waals surface area contributed by atoms with E-state index in [0.717, 1.165) is 0 Å². The zero-order valence-electron chi connectivity index (χ0n) is 6.16. The number of ketones is 1. The number of halogens is 3. The van der Waals surface area contributed by atoms with Crippen molar-refractivity contribution in [3.05, 3.63) is 0 Å². The van der Waals surface area contributed by atoms with Crippen LogP contribution in [0.4, 0.5) is 13.2 Å². The van der Waals surface area contributed by atoms with Crippen molar-refractivity contribution in [3.8, 4) is 0 Å². The fourth-order valence-electron chi connectivity index (χ4n) is 0. The molecule has 2 nitrogen and oxygen atoms in total. The molecule has 0 aliphatic carbocycles. The summed E-state index contributed by atoms with van der Waals surface area (Å²) in [6, 6.07) is 0. The molecule has 0 fully saturated rings. The van der Waals surface area contributed by atoms with E-state index in [-0.39, 0.29) is 24.1 Å². The van der Waals surface area contributed by atoms with Gasteiger partial charge in [0.05, 0.1) is 0 Å². The average Bonchev–Trinajstić information content (AvgIpc) is 1.59. The second kappa shape index (κ2) is 5.41. The zero-order chi connectivity index (χ0) is 9.65. The third-order valence-electron chi connectivity index (χ3n) is 0.316. The molecule has 0 aliphatic rings. The number of carbonyl (C=O) groups is 2. The van der Waals surface area contributed by atoms with Gasteiger partial charge in [-0.1, -0.05) is 0 Å². The Kier molecular flexibility index (Phi) is 6.57. The average molecular weight is 220 g/mol. The van der Waals surface area contributed by atoms with Crippen LogP contribution in [0.2, 0.25) is 0 Å². The first-order valence-electron chi connectivity index (χ1n) is 2.58. The molecule has 0 rings (SSSR count). The van der Waals surface area contributed by atoms with Crippen molar-refractivity contribution in [1.29, 1.82) is 0 Å². The van der Waals surface area contributed by atoms with E-state index in [0.29, 0.717) is 0 Å². The fourth-order valence-corrected chi connectivity index (χ4v) is 0. The van der Waals surface area contributed by atoms with Crippen molar-refractivity contribution in [3.63, 3.8) is 0 Å². The summed E-state index contributed by atoms with van der Waals surface area (Å²) >= 11 is -0.344. The van der Waals surface area contributed by atoms with Crippen molar-refractivity contribution in [2.45, 2.75) is 20.0 Å². The predicted molar refractivity (Wildman–Crippen MR) is 27.4 cm³/mol. The summed E-state index contributed by atoms with van der Waals surface area (Å²) in [4.78, 5) is 18.8. The Balaban J connectivity index is 0. The van der Waals surface area contributed by atoms with E-state index >= 15 is 0 Å². The van der Waals surface area contributed by atoms with Crippen LogP contribution in [0, 0.1) is 0 Å². The van der Waals surface area contributed by atoms with Crippen molar-refractivity contribution in [1.82, 2.24) is 0 Å². The molecule has 0 radical (unpaired) electrons. The second-order valence-corrected chi connectivity index (χ2v) is 3.18. The Morgan fingerprint density at radius 1 is 1.18 bits per heavy atom. The van der Waals surface area contributed by atoms with Crippen LogP contribution in [0.15, 0.2) is 0 Å². The summed E-state index contributed by atoms with van der Waals surface area (Å²) in [6.07, 6.45) is -4.58. The summed E-state index contributed by atoms with van der Waals surface area (Å²) in [5.41, 5.74) is 0. The van der Waals surface area contributed by atoms with Gasteiger partial charge in [-0.25, -0.2) is 0 Å². The molecule has 0 bridgehead atoms. The van der Waals surface area contributed by atoms with E-state index in [1.807, 2.05) is 0 Å². The van der Waals surface area contributed by atoms with Gasteiger partial charge in [-0.3, -0.25) is 0 Å². The third kappa shape index (κ3) is 17.7. The molecule has 0 aromatic heterocycles. The molecule has 0 saturated carbocycles. The Bertz CT molecular complexity index is 148. The number of alkyl halides is 3.